The van der Waals surface area contributed by atoms with Crippen LogP contribution in [0.1, 0.15) is 39.7 Å². The van der Waals surface area contributed by atoms with Gasteiger partial charge in [-0.05, 0) is 38.8 Å². The number of rotatable bonds is 3. The Hall–Kier alpha value is -0.280. The molecule has 1 heterocycles. The van der Waals surface area contributed by atoms with Gasteiger partial charge in [0, 0.05) is 30.7 Å². The number of benzene rings is 1. The van der Waals surface area contributed by atoms with Crippen molar-refractivity contribution in [3.8, 4) is 0 Å². The number of piperazine rings is 1. The maximum absolute atomic E-state index is 6.35. The summed E-state index contributed by atoms with van der Waals surface area (Å²) in [5, 5.41) is 4.96. The van der Waals surface area contributed by atoms with E-state index in [0.717, 1.165) is 31.6 Å². The average molecular weight is 315 g/mol. The quantitative estimate of drug-likeness (QED) is 0.892. The normalized spacial score (nSPS) is 26.7. The van der Waals surface area contributed by atoms with Gasteiger partial charge in [0.1, 0.15) is 0 Å². The summed E-state index contributed by atoms with van der Waals surface area (Å²) in [5.41, 5.74) is 1.39. The van der Waals surface area contributed by atoms with E-state index in [-0.39, 0.29) is 11.1 Å². The molecule has 2 nitrogen and oxygen atoms in total. The van der Waals surface area contributed by atoms with Crippen LogP contribution < -0.4 is 5.32 Å². The topological polar surface area (TPSA) is 15.3 Å². The number of nitrogens with one attached hydrogen (secondary N) is 1. The molecule has 1 aromatic carbocycles. The highest BCUT2D eigenvalue weighted by Crippen LogP contribution is 2.32. The first-order chi connectivity index (χ1) is 9.27. The average Bonchev–Trinajstić information content (AvgIpc) is 2.39. The summed E-state index contributed by atoms with van der Waals surface area (Å²) < 4.78 is 0. The molecule has 0 amide bonds. The van der Waals surface area contributed by atoms with Crippen LogP contribution in [0.15, 0.2) is 18.2 Å². The van der Waals surface area contributed by atoms with Gasteiger partial charge in [-0.25, -0.2) is 0 Å². The molecule has 1 saturated heterocycles. The summed E-state index contributed by atoms with van der Waals surface area (Å²) in [6.07, 6.45) is 1.11. The van der Waals surface area contributed by atoms with Gasteiger partial charge in [-0.3, -0.25) is 4.90 Å². The van der Waals surface area contributed by atoms with Crippen LogP contribution in [0.2, 0.25) is 10.0 Å². The molecule has 1 unspecified atom stereocenters. The van der Waals surface area contributed by atoms with Crippen molar-refractivity contribution in [3.63, 3.8) is 0 Å². The molecule has 2 rings (SSSR count). The zero-order valence-corrected chi connectivity index (χ0v) is 14.3. The fourth-order valence-corrected chi connectivity index (χ4v) is 3.12. The Labute approximate surface area is 132 Å². The molecule has 1 fully saturated rings. The fraction of sp³-hybridized carbons (Fsp3) is 0.625. The van der Waals surface area contributed by atoms with Crippen LogP contribution in [0, 0.1) is 0 Å². The van der Waals surface area contributed by atoms with Gasteiger partial charge in [-0.1, -0.05) is 42.3 Å². The van der Waals surface area contributed by atoms with Gasteiger partial charge in [0.15, 0.2) is 0 Å². The fourth-order valence-electron chi connectivity index (χ4n) is 2.74. The van der Waals surface area contributed by atoms with Crippen molar-refractivity contribution in [2.24, 2.45) is 0 Å². The predicted molar refractivity (Wildman–Crippen MR) is 87.6 cm³/mol. The molecule has 1 atom stereocenters. The second-order valence-electron chi connectivity index (χ2n) is 6.66. The van der Waals surface area contributed by atoms with E-state index in [1.165, 1.54) is 0 Å². The van der Waals surface area contributed by atoms with E-state index < -0.39 is 0 Å². The minimum absolute atomic E-state index is 0.125. The molecule has 0 radical (unpaired) electrons. The Morgan fingerprint density at radius 3 is 2.60 bits per heavy atom. The van der Waals surface area contributed by atoms with E-state index in [9.17, 15) is 0 Å². The third kappa shape index (κ3) is 3.30. The third-order valence-corrected chi connectivity index (χ3v) is 5.31. The monoisotopic (exact) mass is 314 g/mol. The molecule has 0 aliphatic carbocycles. The van der Waals surface area contributed by atoms with Gasteiger partial charge >= 0.3 is 0 Å². The maximum atomic E-state index is 6.35. The van der Waals surface area contributed by atoms with E-state index in [1.807, 2.05) is 12.1 Å². The van der Waals surface area contributed by atoms with E-state index in [1.54, 1.807) is 0 Å². The van der Waals surface area contributed by atoms with Gasteiger partial charge in [0.2, 0.25) is 0 Å². The molecule has 0 bridgehead atoms. The number of halogens is 2. The standard InChI is InChI=1S/C16H24Cl2N2/c1-5-16(4)10-19-15(2,3)11-20(16)9-12-7-6-8-13(17)14(12)18/h6-8,19H,5,9-11H2,1-4H3. The highest BCUT2D eigenvalue weighted by Gasteiger charge is 2.39. The van der Waals surface area contributed by atoms with Crippen molar-refractivity contribution in [2.45, 2.75) is 51.7 Å². The van der Waals surface area contributed by atoms with Gasteiger partial charge in [-0.2, -0.15) is 0 Å². The molecule has 1 N–H and O–H groups in total. The Kier molecular flexibility index (Phi) is 4.70. The highest BCUT2D eigenvalue weighted by molar-refractivity contribution is 6.42. The van der Waals surface area contributed by atoms with Crippen LogP contribution in [0.5, 0.6) is 0 Å². The summed E-state index contributed by atoms with van der Waals surface area (Å²) in [6, 6.07) is 5.88. The van der Waals surface area contributed by atoms with Crippen LogP contribution in [0.3, 0.4) is 0 Å². The Bertz CT molecular complexity index is 487. The van der Waals surface area contributed by atoms with Crippen molar-refractivity contribution < 1.29 is 0 Å². The van der Waals surface area contributed by atoms with Crippen molar-refractivity contribution in [3.05, 3.63) is 33.8 Å². The van der Waals surface area contributed by atoms with Crippen molar-refractivity contribution in [1.29, 1.82) is 0 Å². The molecule has 0 spiro atoms. The molecule has 0 aromatic heterocycles. The van der Waals surface area contributed by atoms with Gasteiger partial charge < -0.3 is 5.32 Å². The number of hydrogen-bond acceptors (Lipinski definition) is 2. The largest absolute Gasteiger partial charge is 0.309 e. The molecule has 1 aliphatic heterocycles. The number of hydrogen-bond donors (Lipinski definition) is 1. The second-order valence-corrected chi connectivity index (χ2v) is 7.44. The maximum Gasteiger partial charge on any atom is 0.0637 e. The van der Waals surface area contributed by atoms with Gasteiger partial charge in [-0.15, -0.1) is 0 Å². The molecule has 20 heavy (non-hydrogen) atoms. The summed E-state index contributed by atoms with van der Waals surface area (Å²) >= 11 is 12.5. The zero-order chi connectivity index (χ0) is 15.0. The van der Waals surface area contributed by atoms with Crippen molar-refractivity contribution in [1.82, 2.24) is 10.2 Å². The summed E-state index contributed by atoms with van der Waals surface area (Å²) in [4.78, 5) is 2.53. The first-order valence-electron chi connectivity index (χ1n) is 7.20. The van der Waals surface area contributed by atoms with Crippen molar-refractivity contribution >= 4 is 23.2 Å². The molecule has 1 aromatic rings. The lowest BCUT2D eigenvalue weighted by atomic mass is 9.87. The van der Waals surface area contributed by atoms with Crippen LogP contribution in [-0.4, -0.2) is 29.1 Å². The Morgan fingerprint density at radius 1 is 1.25 bits per heavy atom. The summed E-state index contributed by atoms with van der Waals surface area (Å²) in [6.45, 7) is 11.9. The lowest BCUT2D eigenvalue weighted by Crippen LogP contribution is -2.66. The summed E-state index contributed by atoms with van der Waals surface area (Å²) in [5.74, 6) is 0. The SMILES string of the molecule is CCC1(C)CNC(C)(C)CN1Cc1cccc(Cl)c1Cl. The lowest BCUT2D eigenvalue weighted by Gasteiger charge is -2.51. The third-order valence-electron chi connectivity index (χ3n) is 4.45. The molecular formula is C16H24Cl2N2. The predicted octanol–water partition coefficient (Wildman–Crippen LogP) is 4.35. The van der Waals surface area contributed by atoms with E-state index in [0.29, 0.717) is 10.0 Å². The molecular weight excluding hydrogens is 291 g/mol. The Balaban J connectivity index is 2.26. The van der Waals surface area contributed by atoms with Gasteiger partial charge in [0.25, 0.3) is 0 Å². The van der Waals surface area contributed by atoms with Crippen LogP contribution in [0.4, 0.5) is 0 Å². The van der Waals surface area contributed by atoms with Gasteiger partial charge in [0.05, 0.1) is 10.0 Å². The van der Waals surface area contributed by atoms with Crippen LogP contribution in [-0.2, 0) is 6.54 Å². The zero-order valence-electron chi connectivity index (χ0n) is 12.8. The van der Waals surface area contributed by atoms with E-state index in [2.05, 4.69) is 44.0 Å². The Morgan fingerprint density at radius 2 is 1.95 bits per heavy atom. The molecule has 0 saturated carbocycles. The molecule has 1 aliphatic rings. The van der Waals surface area contributed by atoms with E-state index in [4.69, 9.17) is 23.2 Å². The van der Waals surface area contributed by atoms with Crippen LogP contribution >= 0.6 is 23.2 Å². The summed E-state index contributed by atoms with van der Waals surface area (Å²) in [7, 11) is 0. The molecule has 4 heteroatoms. The first-order valence-corrected chi connectivity index (χ1v) is 7.96. The lowest BCUT2D eigenvalue weighted by molar-refractivity contribution is 0.0175. The van der Waals surface area contributed by atoms with Crippen molar-refractivity contribution in [2.75, 3.05) is 13.1 Å². The smallest absolute Gasteiger partial charge is 0.0637 e. The second kappa shape index (κ2) is 5.84. The highest BCUT2D eigenvalue weighted by atomic mass is 35.5. The minimum Gasteiger partial charge on any atom is -0.309 e. The van der Waals surface area contributed by atoms with E-state index >= 15 is 0 Å². The first kappa shape index (κ1) is 16.1. The van der Waals surface area contributed by atoms with Crippen LogP contribution in [0.25, 0.3) is 0 Å². The molecule has 112 valence electrons. The number of nitrogens with zero attached hydrogens (tertiary/aromatic N) is 1. The minimum atomic E-state index is 0.125.